The number of aromatic hydroxyl groups is 1. The summed E-state index contributed by atoms with van der Waals surface area (Å²) in [7, 11) is 0. The number of benzene rings is 1. The van der Waals surface area contributed by atoms with Gasteiger partial charge in [-0.3, -0.25) is 0 Å². The van der Waals surface area contributed by atoms with E-state index < -0.39 is 5.92 Å². The van der Waals surface area contributed by atoms with Gasteiger partial charge in [0.2, 0.25) is 0 Å². The summed E-state index contributed by atoms with van der Waals surface area (Å²) in [6.07, 6.45) is 8.19. The normalized spacial score (nSPS) is 25.6. The highest BCUT2D eigenvalue weighted by Crippen LogP contribution is 2.45. The third-order valence-electron chi connectivity index (χ3n) is 6.77. The van der Waals surface area contributed by atoms with Crippen molar-refractivity contribution in [2.75, 3.05) is 6.61 Å². The minimum absolute atomic E-state index is 0.0779. The first-order valence-corrected chi connectivity index (χ1v) is 11.1. The average molecular weight is 451 g/mol. The van der Waals surface area contributed by atoms with E-state index in [1.807, 2.05) is 12.1 Å². The van der Waals surface area contributed by atoms with E-state index in [2.05, 4.69) is 20.5 Å². The second-order valence-corrected chi connectivity index (χ2v) is 9.08. The van der Waals surface area contributed by atoms with Crippen LogP contribution in [-0.4, -0.2) is 49.5 Å². The average Bonchev–Trinajstić information content (AvgIpc) is 3.32. The zero-order valence-electron chi connectivity index (χ0n) is 17.8. The topological polar surface area (TPSA) is 85.1 Å². The summed E-state index contributed by atoms with van der Waals surface area (Å²) >= 11 is 0. The maximum absolute atomic E-state index is 14.0. The number of hydrogen-bond acceptors (Lipinski definition) is 6. The van der Waals surface area contributed by atoms with Gasteiger partial charge in [0, 0.05) is 55.0 Å². The molecule has 0 amide bonds. The highest BCUT2D eigenvalue weighted by atomic mass is 19.3. The molecule has 5 heterocycles. The van der Waals surface area contributed by atoms with Gasteiger partial charge in [-0.2, -0.15) is 0 Å². The summed E-state index contributed by atoms with van der Waals surface area (Å²) in [5.74, 6) is -1.76. The Hall–Kier alpha value is -3.33. The van der Waals surface area contributed by atoms with E-state index >= 15 is 0 Å². The number of imidazole rings is 1. The lowest BCUT2D eigenvalue weighted by molar-refractivity contribution is -0.0683. The number of ether oxygens (including phenoxy) is 1. The van der Waals surface area contributed by atoms with Crippen LogP contribution >= 0.6 is 0 Å². The molecule has 9 heteroatoms. The first-order chi connectivity index (χ1) is 15.9. The number of halogens is 2. The van der Waals surface area contributed by atoms with Gasteiger partial charge in [0.25, 0.3) is 5.92 Å². The smallest absolute Gasteiger partial charge is 0.251 e. The molecule has 1 aromatic carbocycles. The van der Waals surface area contributed by atoms with E-state index in [0.29, 0.717) is 42.1 Å². The van der Waals surface area contributed by atoms with Crippen LogP contribution in [0.5, 0.6) is 11.5 Å². The quantitative estimate of drug-likeness (QED) is 0.627. The van der Waals surface area contributed by atoms with E-state index in [9.17, 15) is 13.9 Å². The Morgan fingerprint density at radius 3 is 2.67 bits per heavy atom. The Kier molecular flexibility index (Phi) is 4.69. The Labute approximate surface area is 189 Å². The third kappa shape index (κ3) is 3.76. The SMILES string of the molecule is Oc1cc(-n2ccnc2)ccc1-c1cc2c(nn1)C([C@H]1C[C@@H]3CC(F)(F)C[C@H](C1)N3)=CCO2. The number of alkyl halides is 2. The van der Waals surface area contributed by atoms with Crippen molar-refractivity contribution in [1.29, 1.82) is 0 Å². The van der Waals surface area contributed by atoms with Crippen LogP contribution in [0.15, 0.2) is 49.1 Å². The van der Waals surface area contributed by atoms with Gasteiger partial charge in [-0.15, -0.1) is 10.2 Å². The van der Waals surface area contributed by atoms with Gasteiger partial charge in [0.15, 0.2) is 0 Å². The van der Waals surface area contributed by atoms with Crippen LogP contribution in [-0.2, 0) is 0 Å². The molecule has 33 heavy (non-hydrogen) atoms. The molecule has 3 atom stereocenters. The Bertz CT molecular complexity index is 1210. The molecular weight excluding hydrogens is 428 g/mol. The van der Waals surface area contributed by atoms with Crippen molar-refractivity contribution in [3.8, 4) is 28.4 Å². The lowest BCUT2D eigenvalue weighted by Gasteiger charge is -2.44. The largest absolute Gasteiger partial charge is 0.507 e. The number of phenolic OH excluding ortho intramolecular Hbond substituents is 1. The molecule has 3 aromatic rings. The highest BCUT2D eigenvalue weighted by Gasteiger charge is 2.46. The molecule has 0 unspecified atom stereocenters. The first kappa shape index (κ1) is 20.3. The number of nitrogens with zero attached hydrogens (tertiary/aromatic N) is 4. The Morgan fingerprint density at radius 2 is 1.94 bits per heavy atom. The molecule has 0 radical (unpaired) electrons. The van der Waals surface area contributed by atoms with Crippen molar-refractivity contribution in [2.24, 2.45) is 5.92 Å². The molecule has 2 aromatic heterocycles. The van der Waals surface area contributed by atoms with Crippen molar-refractivity contribution >= 4 is 5.57 Å². The number of nitrogens with one attached hydrogen (secondary N) is 1. The molecule has 2 saturated heterocycles. The zero-order valence-corrected chi connectivity index (χ0v) is 17.8. The van der Waals surface area contributed by atoms with Gasteiger partial charge in [0.05, 0.1) is 12.0 Å². The molecule has 170 valence electrons. The highest BCUT2D eigenvalue weighted by molar-refractivity contribution is 5.75. The van der Waals surface area contributed by atoms with Crippen molar-refractivity contribution < 1.29 is 18.6 Å². The van der Waals surface area contributed by atoms with Gasteiger partial charge in [-0.05, 0) is 42.5 Å². The standard InChI is InChI=1S/C24H23F2N5O2/c25-24(26)11-15-7-14(8-16(12-24)28-15)18-3-6-33-22-10-20(29-30-23(18)22)19-2-1-17(9-21(19)32)31-5-4-27-13-31/h1-5,9-10,13-16,28,32H,6-8,11-12H2/t14-,15+,16-. The maximum Gasteiger partial charge on any atom is 0.251 e. The van der Waals surface area contributed by atoms with Crippen LogP contribution in [0.25, 0.3) is 22.5 Å². The van der Waals surface area contributed by atoms with E-state index in [-0.39, 0.29) is 36.6 Å². The van der Waals surface area contributed by atoms with Crippen molar-refractivity contribution in [1.82, 2.24) is 25.1 Å². The van der Waals surface area contributed by atoms with Crippen molar-refractivity contribution in [3.05, 3.63) is 54.8 Å². The summed E-state index contributed by atoms with van der Waals surface area (Å²) < 4.78 is 35.6. The zero-order chi connectivity index (χ0) is 22.6. The molecular formula is C24H23F2N5O2. The van der Waals surface area contributed by atoms with E-state index in [0.717, 1.165) is 11.3 Å². The van der Waals surface area contributed by atoms with Crippen LogP contribution in [0, 0.1) is 5.92 Å². The van der Waals surface area contributed by atoms with E-state index in [4.69, 9.17) is 4.74 Å². The van der Waals surface area contributed by atoms with Crippen LogP contribution in [0.4, 0.5) is 8.78 Å². The molecule has 2 bridgehead atoms. The second-order valence-electron chi connectivity index (χ2n) is 9.08. The predicted molar refractivity (Wildman–Crippen MR) is 117 cm³/mol. The summed E-state index contributed by atoms with van der Waals surface area (Å²) in [4.78, 5) is 4.02. The minimum atomic E-state index is -2.59. The van der Waals surface area contributed by atoms with Gasteiger partial charge < -0.3 is 19.7 Å². The van der Waals surface area contributed by atoms with Crippen LogP contribution in [0.1, 0.15) is 31.4 Å². The molecule has 6 rings (SSSR count). The third-order valence-corrected chi connectivity index (χ3v) is 6.77. The number of piperidine rings is 2. The van der Waals surface area contributed by atoms with E-state index in [1.165, 1.54) is 0 Å². The second kappa shape index (κ2) is 7.62. The van der Waals surface area contributed by atoms with Crippen molar-refractivity contribution in [3.63, 3.8) is 0 Å². The minimum Gasteiger partial charge on any atom is -0.507 e. The first-order valence-electron chi connectivity index (χ1n) is 11.1. The van der Waals surface area contributed by atoms with Crippen LogP contribution in [0.3, 0.4) is 0 Å². The predicted octanol–water partition coefficient (Wildman–Crippen LogP) is 3.98. The lowest BCUT2D eigenvalue weighted by Crippen LogP contribution is -2.54. The number of rotatable bonds is 3. The number of fused-ring (bicyclic) bond motifs is 3. The fourth-order valence-corrected chi connectivity index (χ4v) is 5.40. The van der Waals surface area contributed by atoms with Gasteiger partial charge in [0.1, 0.15) is 29.5 Å². The Morgan fingerprint density at radius 1 is 1.12 bits per heavy atom. The van der Waals surface area contributed by atoms with Crippen LogP contribution < -0.4 is 10.1 Å². The van der Waals surface area contributed by atoms with Crippen molar-refractivity contribution in [2.45, 2.75) is 43.7 Å². The van der Waals surface area contributed by atoms with Gasteiger partial charge >= 0.3 is 0 Å². The maximum atomic E-state index is 14.0. The summed E-state index contributed by atoms with van der Waals surface area (Å²) in [5, 5.41) is 22.8. The molecule has 0 aliphatic carbocycles. The molecule has 3 aliphatic heterocycles. The molecule has 2 fully saturated rings. The summed E-state index contributed by atoms with van der Waals surface area (Å²) in [5.41, 5.74) is 3.52. The number of hydrogen-bond donors (Lipinski definition) is 2. The Balaban J connectivity index is 1.27. The molecule has 0 spiro atoms. The number of phenols is 1. The summed E-state index contributed by atoms with van der Waals surface area (Å²) in [6, 6.07) is 6.71. The molecule has 7 nitrogen and oxygen atoms in total. The van der Waals surface area contributed by atoms with Gasteiger partial charge in [-0.1, -0.05) is 0 Å². The molecule has 2 N–H and O–H groups in total. The monoisotopic (exact) mass is 451 g/mol. The van der Waals surface area contributed by atoms with E-state index in [1.54, 1.807) is 41.5 Å². The molecule has 0 saturated carbocycles. The van der Waals surface area contributed by atoms with Crippen LogP contribution in [0.2, 0.25) is 0 Å². The molecule has 3 aliphatic rings. The number of aromatic nitrogens is 4. The summed E-state index contributed by atoms with van der Waals surface area (Å²) in [6.45, 7) is 0.397. The number of allylic oxidation sites excluding steroid dienone is 1. The fraction of sp³-hybridized carbons (Fsp3) is 0.375. The van der Waals surface area contributed by atoms with Gasteiger partial charge in [-0.25, -0.2) is 13.8 Å². The fourth-order valence-electron chi connectivity index (χ4n) is 5.40. The lowest BCUT2D eigenvalue weighted by atomic mass is 9.74.